The van der Waals surface area contributed by atoms with Crippen LogP contribution >= 0.6 is 0 Å². The number of benzene rings is 2. The lowest BCUT2D eigenvalue weighted by molar-refractivity contribution is -0.384. The monoisotopic (exact) mass is 268 g/mol. The molecule has 20 heavy (non-hydrogen) atoms. The Morgan fingerprint density at radius 2 is 2.10 bits per heavy atom. The zero-order valence-corrected chi connectivity index (χ0v) is 10.5. The number of nitro benzene ring substituents is 1. The maximum atomic E-state index is 10.6. The van der Waals surface area contributed by atoms with Crippen LogP contribution in [0.25, 0.3) is 0 Å². The van der Waals surface area contributed by atoms with Crippen molar-refractivity contribution >= 4 is 17.1 Å². The van der Waals surface area contributed by atoms with E-state index in [1.807, 2.05) is 6.07 Å². The van der Waals surface area contributed by atoms with Crippen LogP contribution < -0.4 is 11.1 Å². The number of nitrogen functional groups attached to an aromatic ring is 1. The van der Waals surface area contributed by atoms with Gasteiger partial charge in [-0.15, -0.1) is 0 Å². The molecule has 3 N–H and O–H groups in total. The van der Waals surface area contributed by atoms with Crippen LogP contribution in [0.15, 0.2) is 42.5 Å². The number of anilines is 2. The second kappa shape index (κ2) is 5.71. The van der Waals surface area contributed by atoms with Crippen LogP contribution in [0.3, 0.4) is 0 Å². The number of nitro groups is 1. The van der Waals surface area contributed by atoms with Gasteiger partial charge in [-0.05, 0) is 23.8 Å². The summed E-state index contributed by atoms with van der Waals surface area (Å²) in [6.45, 7) is 0.484. The molecule has 0 unspecified atom stereocenters. The Labute approximate surface area is 115 Å². The van der Waals surface area contributed by atoms with E-state index in [2.05, 4.69) is 11.4 Å². The van der Waals surface area contributed by atoms with Gasteiger partial charge >= 0.3 is 0 Å². The number of nitrogens with one attached hydrogen (secondary N) is 1. The van der Waals surface area contributed by atoms with Crippen LogP contribution in [0.4, 0.5) is 17.1 Å². The van der Waals surface area contributed by atoms with Gasteiger partial charge < -0.3 is 11.1 Å². The van der Waals surface area contributed by atoms with Gasteiger partial charge in [-0.2, -0.15) is 5.26 Å². The summed E-state index contributed by atoms with van der Waals surface area (Å²) in [5.41, 5.74) is 8.17. The van der Waals surface area contributed by atoms with Crippen molar-refractivity contribution in [1.82, 2.24) is 0 Å². The first-order valence-electron chi connectivity index (χ1n) is 5.87. The molecule has 6 heteroatoms. The van der Waals surface area contributed by atoms with E-state index in [-0.39, 0.29) is 5.69 Å². The third-order valence-electron chi connectivity index (χ3n) is 2.79. The number of nitrogens with two attached hydrogens (primary N) is 1. The average Bonchev–Trinajstić information content (AvgIpc) is 2.46. The van der Waals surface area contributed by atoms with Gasteiger partial charge in [0.1, 0.15) is 0 Å². The summed E-state index contributed by atoms with van der Waals surface area (Å²) < 4.78 is 0. The van der Waals surface area contributed by atoms with Gasteiger partial charge in [0, 0.05) is 18.7 Å². The zero-order valence-electron chi connectivity index (χ0n) is 10.5. The summed E-state index contributed by atoms with van der Waals surface area (Å²) in [4.78, 5) is 10.1. The minimum atomic E-state index is -0.490. The summed E-state index contributed by atoms with van der Waals surface area (Å²) in [5, 5.41) is 22.5. The second-order valence-corrected chi connectivity index (χ2v) is 4.19. The molecule has 0 saturated carbocycles. The summed E-state index contributed by atoms with van der Waals surface area (Å²) in [6.07, 6.45) is 0. The molecule has 6 nitrogen and oxygen atoms in total. The average molecular weight is 268 g/mol. The fourth-order valence-corrected chi connectivity index (χ4v) is 1.77. The Kier molecular flexibility index (Phi) is 3.82. The van der Waals surface area contributed by atoms with Crippen molar-refractivity contribution in [3.8, 4) is 6.07 Å². The van der Waals surface area contributed by atoms with Crippen molar-refractivity contribution < 1.29 is 4.92 Å². The van der Waals surface area contributed by atoms with E-state index in [9.17, 15) is 10.1 Å². The van der Waals surface area contributed by atoms with E-state index < -0.39 is 4.92 Å². The van der Waals surface area contributed by atoms with Gasteiger partial charge in [0.15, 0.2) is 0 Å². The van der Waals surface area contributed by atoms with Gasteiger partial charge in [-0.25, -0.2) is 0 Å². The lowest BCUT2D eigenvalue weighted by Gasteiger charge is -2.09. The maximum absolute atomic E-state index is 10.6. The Hall–Kier alpha value is -3.07. The predicted octanol–water partition coefficient (Wildman–Crippen LogP) is 2.66. The lowest BCUT2D eigenvalue weighted by Crippen LogP contribution is -2.03. The minimum Gasteiger partial charge on any atom is -0.397 e. The molecule has 0 bridgehead atoms. The fourth-order valence-electron chi connectivity index (χ4n) is 1.77. The Bertz CT molecular complexity index is 692. The third kappa shape index (κ3) is 3.03. The molecule has 2 aromatic carbocycles. The topological polar surface area (TPSA) is 105 Å². The first-order chi connectivity index (χ1) is 9.60. The number of nitrogens with zero attached hydrogens (tertiary/aromatic N) is 2. The molecule has 0 aromatic heterocycles. The van der Waals surface area contributed by atoms with E-state index in [1.54, 1.807) is 24.3 Å². The van der Waals surface area contributed by atoms with Crippen molar-refractivity contribution in [3.63, 3.8) is 0 Å². The lowest BCUT2D eigenvalue weighted by atomic mass is 10.1. The van der Waals surface area contributed by atoms with E-state index in [4.69, 9.17) is 11.0 Å². The van der Waals surface area contributed by atoms with E-state index in [0.29, 0.717) is 23.5 Å². The van der Waals surface area contributed by atoms with Gasteiger partial charge in [-0.1, -0.05) is 12.1 Å². The van der Waals surface area contributed by atoms with Gasteiger partial charge in [0.25, 0.3) is 5.69 Å². The Balaban J connectivity index is 2.11. The number of hydrogen-bond donors (Lipinski definition) is 2. The van der Waals surface area contributed by atoms with Gasteiger partial charge in [0.05, 0.1) is 27.9 Å². The highest BCUT2D eigenvalue weighted by molar-refractivity contribution is 5.69. The Morgan fingerprint density at radius 3 is 2.75 bits per heavy atom. The van der Waals surface area contributed by atoms with E-state index in [1.165, 1.54) is 12.1 Å². The number of hydrogen-bond acceptors (Lipinski definition) is 5. The van der Waals surface area contributed by atoms with Gasteiger partial charge in [-0.3, -0.25) is 10.1 Å². The maximum Gasteiger partial charge on any atom is 0.271 e. The van der Waals surface area contributed by atoms with Crippen LogP contribution in [-0.4, -0.2) is 4.92 Å². The second-order valence-electron chi connectivity index (χ2n) is 4.19. The SMILES string of the molecule is N#Cc1cccc(CNc2ccc([N+](=O)[O-])cc2N)c1. The molecule has 0 amide bonds. The summed E-state index contributed by atoms with van der Waals surface area (Å²) >= 11 is 0. The molecule has 0 radical (unpaired) electrons. The molecular formula is C14H12N4O2. The fraction of sp³-hybridized carbons (Fsp3) is 0.0714. The zero-order chi connectivity index (χ0) is 14.5. The van der Waals surface area contributed by atoms with Crippen molar-refractivity contribution in [3.05, 3.63) is 63.7 Å². The molecule has 0 saturated heterocycles. The normalized spacial score (nSPS) is 9.75. The quantitative estimate of drug-likeness (QED) is 0.504. The molecule has 0 aliphatic heterocycles. The van der Waals surface area contributed by atoms with Gasteiger partial charge in [0.2, 0.25) is 0 Å². The summed E-state index contributed by atoms with van der Waals surface area (Å²) in [6, 6.07) is 13.5. The molecule has 0 atom stereocenters. The molecule has 0 spiro atoms. The molecule has 0 aliphatic rings. The molecule has 0 heterocycles. The largest absolute Gasteiger partial charge is 0.397 e. The highest BCUT2D eigenvalue weighted by atomic mass is 16.6. The number of nitriles is 1. The minimum absolute atomic E-state index is 0.0421. The number of rotatable bonds is 4. The first kappa shape index (κ1) is 13.4. The van der Waals surface area contributed by atoms with Crippen molar-refractivity contribution in [2.24, 2.45) is 0 Å². The molecule has 0 aliphatic carbocycles. The van der Waals surface area contributed by atoms with Crippen molar-refractivity contribution in [1.29, 1.82) is 5.26 Å². The number of non-ortho nitro benzene ring substituents is 1. The third-order valence-corrected chi connectivity index (χ3v) is 2.79. The molecule has 2 aromatic rings. The highest BCUT2D eigenvalue weighted by Crippen LogP contribution is 2.24. The van der Waals surface area contributed by atoms with Crippen molar-refractivity contribution in [2.75, 3.05) is 11.1 Å². The molecule has 0 fully saturated rings. The molecule has 2 rings (SSSR count). The molecular weight excluding hydrogens is 256 g/mol. The van der Waals surface area contributed by atoms with E-state index in [0.717, 1.165) is 5.56 Å². The van der Waals surface area contributed by atoms with Crippen molar-refractivity contribution in [2.45, 2.75) is 6.54 Å². The smallest absolute Gasteiger partial charge is 0.271 e. The van der Waals surface area contributed by atoms with Crippen LogP contribution in [-0.2, 0) is 6.54 Å². The summed E-state index contributed by atoms with van der Waals surface area (Å²) in [5.74, 6) is 0. The molecule has 100 valence electrons. The predicted molar refractivity (Wildman–Crippen MR) is 76.0 cm³/mol. The summed E-state index contributed by atoms with van der Waals surface area (Å²) in [7, 11) is 0. The van der Waals surface area contributed by atoms with Crippen LogP contribution in [0.5, 0.6) is 0 Å². The standard InChI is InChI=1S/C14H12N4O2/c15-8-10-2-1-3-11(6-10)9-17-14-5-4-12(18(19)20)7-13(14)16/h1-7,17H,9,16H2. The Morgan fingerprint density at radius 1 is 1.30 bits per heavy atom. The van der Waals surface area contributed by atoms with Crippen LogP contribution in [0.1, 0.15) is 11.1 Å². The van der Waals surface area contributed by atoms with Crippen LogP contribution in [0.2, 0.25) is 0 Å². The first-order valence-corrected chi connectivity index (χ1v) is 5.87. The van der Waals surface area contributed by atoms with E-state index >= 15 is 0 Å². The highest BCUT2D eigenvalue weighted by Gasteiger charge is 2.08. The van der Waals surface area contributed by atoms with Crippen LogP contribution in [0, 0.1) is 21.4 Å².